The van der Waals surface area contributed by atoms with E-state index >= 15 is 0 Å². The van der Waals surface area contributed by atoms with Crippen LogP contribution in [0.2, 0.25) is 0 Å². The van der Waals surface area contributed by atoms with Gasteiger partial charge in [-0.05, 0) is 26.8 Å². The van der Waals surface area contributed by atoms with E-state index in [1.807, 2.05) is 20.8 Å². The zero-order chi connectivity index (χ0) is 9.90. The molecule has 1 N–H and O–H groups in total. The van der Waals surface area contributed by atoms with Gasteiger partial charge < -0.3 is 9.57 Å². The Bertz CT molecular complexity index is 261. The van der Waals surface area contributed by atoms with E-state index in [1.165, 1.54) is 12.5 Å². The number of esters is 1. The molecule has 0 saturated carbocycles. The van der Waals surface area contributed by atoms with Gasteiger partial charge in [0, 0.05) is 0 Å². The van der Waals surface area contributed by atoms with Gasteiger partial charge in [0.25, 0.3) is 0 Å². The summed E-state index contributed by atoms with van der Waals surface area (Å²) in [5, 5.41) is 0. The minimum Gasteiger partial charge on any atom is -0.456 e. The van der Waals surface area contributed by atoms with Crippen molar-refractivity contribution in [3.63, 3.8) is 0 Å². The fraction of sp³-hybridized carbons (Fsp3) is 0.444. The molecule has 1 aliphatic heterocycles. The van der Waals surface area contributed by atoms with Gasteiger partial charge in [-0.3, -0.25) is 0 Å². The lowest BCUT2D eigenvalue weighted by molar-refractivity contribution is -0.149. The highest BCUT2D eigenvalue weighted by molar-refractivity contribution is 5.91. The van der Waals surface area contributed by atoms with Gasteiger partial charge in [0.15, 0.2) is 0 Å². The molecule has 0 aromatic carbocycles. The van der Waals surface area contributed by atoms with Crippen LogP contribution < -0.4 is 5.48 Å². The fourth-order valence-electron chi connectivity index (χ4n) is 0.756. The van der Waals surface area contributed by atoms with Gasteiger partial charge in [-0.1, -0.05) is 0 Å². The zero-order valence-corrected chi connectivity index (χ0v) is 7.96. The third-order valence-electron chi connectivity index (χ3n) is 1.23. The van der Waals surface area contributed by atoms with Crippen molar-refractivity contribution in [2.75, 3.05) is 0 Å². The van der Waals surface area contributed by atoms with Crippen LogP contribution >= 0.6 is 0 Å². The predicted molar refractivity (Wildman–Crippen MR) is 47.3 cm³/mol. The molecule has 0 fully saturated rings. The van der Waals surface area contributed by atoms with Gasteiger partial charge in [0.2, 0.25) is 0 Å². The second kappa shape index (κ2) is 3.51. The quantitative estimate of drug-likeness (QED) is 0.622. The highest BCUT2D eigenvalue weighted by Crippen LogP contribution is 2.12. The summed E-state index contributed by atoms with van der Waals surface area (Å²) in [6.45, 7) is 5.46. The normalized spacial score (nSPS) is 15.5. The summed E-state index contributed by atoms with van der Waals surface area (Å²) in [7, 11) is 0. The van der Waals surface area contributed by atoms with Gasteiger partial charge >= 0.3 is 5.97 Å². The topological polar surface area (TPSA) is 47.6 Å². The molecular weight excluding hydrogens is 170 g/mol. The van der Waals surface area contributed by atoms with E-state index in [2.05, 4.69) is 10.3 Å². The molecule has 1 heterocycles. The molecule has 13 heavy (non-hydrogen) atoms. The lowest BCUT2D eigenvalue weighted by atomic mass is 10.2. The maximum Gasteiger partial charge on any atom is 0.340 e. The van der Waals surface area contributed by atoms with Crippen LogP contribution in [0.25, 0.3) is 0 Å². The lowest BCUT2D eigenvalue weighted by Crippen LogP contribution is -2.25. The van der Waals surface area contributed by atoms with Gasteiger partial charge in [0.1, 0.15) is 11.9 Å². The van der Waals surface area contributed by atoms with Gasteiger partial charge in [-0.25, -0.2) is 10.3 Å². The SMILES string of the molecule is CC(C)(C)OC(=O)C1=CNOC=C1. The minimum atomic E-state index is -0.468. The molecule has 0 saturated heterocycles. The van der Waals surface area contributed by atoms with Crippen molar-refractivity contribution in [3.05, 3.63) is 24.1 Å². The Kier molecular flexibility index (Phi) is 2.60. The summed E-state index contributed by atoms with van der Waals surface area (Å²) < 4.78 is 5.12. The second-order valence-corrected chi connectivity index (χ2v) is 3.64. The van der Waals surface area contributed by atoms with Crippen LogP contribution in [0.15, 0.2) is 24.1 Å². The van der Waals surface area contributed by atoms with E-state index in [0.29, 0.717) is 5.57 Å². The van der Waals surface area contributed by atoms with Crippen molar-refractivity contribution in [1.29, 1.82) is 0 Å². The first-order valence-corrected chi connectivity index (χ1v) is 4.00. The van der Waals surface area contributed by atoms with Crippen LogP contribution in [0, 0.1) is 0 Å². The molecule has 1 aliphatic rings. The van der Waals surface area contributed by atoms with Crippen molar-refractivity contribution in [2.45, 2.75) is 26.4 Å². The zero-order valence-electron chi connectivity index (χ0n) is 7.96. The number of hydrogen-bond donors (Lipinski definition) is 1. The van der Waals surface area contributed by atoms with Gasteiger partial charge in [-0.15, -0.1) is 0 Å². The molecule has 0 aliphatic carbocycles. The van der Waals surface area contributed by atoms with Crippen LogP contribution in [0.5, 0.6) is 0 Å². The Morgan fingerprint density at radius 2 is 2.23 bits per heavy atom. The third kappa shape index (κ3) is 3.19. The molecule has 0 bridgehead atoms. The number of hydroxylamine groups is 1. The maximum absolute atomic E-state index is 11.4. The largest absolute Gasteiger partial charge is 0.456 e. The molecular formula is C9H13NO3. The Morgan fingerprint density at radius 1 is 1.54 bits per heavy atom. The van der Waals surface area contributed by atoms with Crippen LogP contribution in [-0.2, 0) is 14.4 Å². The average molecular weight is 183 g/mol. The Morgan fingerprint density at radius 3 is 2.69 bits per heavy atom. The van der Waals surface area contributed by atoms with E-state index in [9.17, 15) is 4.79 Å². The maximum atomic E-state index is 11.4. The van der Waals surface area contributed by atoms with Crippen LogP contribution in [0.3, 0.4) is 0 Å². The first-order chi connectivity index (χ1) is 5.99. The van der Waals surface area contributed by atoms with Crippen molar-refractivity contribution >= 4 is 5.97 Å². The second-order valence-electron chi connectivity index (χ2n) is 3.64. The van der Waals surface area contributed by atoms with Crippen molar-refractivity contribution < 1.29 is 14.4 Å². The average Bonchev–Trinajstić information content (AvgIpc) is 2.03. The number of nitrogens with one attached hydrogen (secondary N) is 1. The van der Waals surface area contributed by atoms with Crippen LogP contribution in [-0.4, -0.2) is 11.6 Å². The molecule has 1 rings (SSSR count). The van der Waals surface area contributed by atoms with E-state index in [1.54, 1.807) is 6.08 Å². The Hall–Kier alpha value is -1.45. The molecule has 0 aromatic heterocycles. The summed E-state index contributed by atoms with van der Waals surface area (Å²) >= 11 is 0. The fourth-order valence-corrected chi connectivity index (χ4v) is 0.756. The Labute approximate surface area is 77.2 Å². The monoisotopic (exact) mass is 183 g/mol. The van der Waals surface area contributed by atoms with Gasteiger partial charge in [0.05, 0.1) is 11.8 Å². The molecule has 4 heteroatoms. The molecule has 0 atom stereocenters. The summed E-state index contributed by atoms with van der Waals surface area (Å²) in [6.07, 6.45) is 4.39. The number of ether oxygens (including phenoxy) is 1. The van der Waals surface area contributed by atoms with Gasteiger partial charge in [-0.2, -0.15) is 0 Å². The van der Waals surface area contributed by atoms with Crippen LogP contribution in [0.4, 0.5) is 0 Å². The highest BCUT2D eigenvalue weighted by atomic mass is 16.6. The van der Waals surface area contributed by atoms with E-state index < -0.39 is 5.60 Å². The van der Waals surface area contributed by atoms with Crippen molar-refractivity contribution in [2.24, 2.45) is 0 Å². The molecule has 4 nitrogen and oxygen atoms in total. The first-order valence-electron chi connectivity index (χ1n) is 4.00. The third-order valence-corrected chi connectivity index (χ3v) is 1.23. The predicted octanol–water partition coefficient (Wildman–Crippen LogP) is 1.26. The highest BCUT2D eigenvalue weighted by Gasteiger charge is 2.19. The molecule has 72 valence electrons. The minimum absolute atomic E-state index is 0.362. The number of carbonyl (C=O) groups is 1. The Balaban J connectivity index is 2.58. The van der Waals surface area contributed by atoms with E-state index in [0.717, 1.165) is 0 Å². The first kappa shape index (κ1) is 9.64. The number of hydrogen-bond acceptors (Lipinski definition) is 4. The standard InChI is InChI=1S/C9H13NO3/c1-9(2,3)13-8(11)7-4-5-12-10-6-7/h4-6,10H,1-3H3. The molecule has 0 amide bonds. The molecule has 0 radical (unpaired) electrons. The van der Waals surface area contributed by atoms with E-state index in [4.69, 9.17) is 4.74 Å². The summed E-state index contributed by atoms with van der Waals surface area (Å²) in [5.41, 5.74) is 2.43. The molecule has 0 aromatic rings. The van der Waals surface area contributed by atoms with Crippen molar-refractivity contribution in [3.8, 4) is 0 Å². The lowest BCUT2D eigenvalue weighted by Gasteiger charge is -2.20. The van der Waals surface area contributed by atoms with Crippen LogP contribution in [0.1, 0.15) is 20.8 Å². The molecule has 0 spiro atoms. The summed E-state index contributed by atoms with van der Waals surface area (Å²) in [5.74, 6) is -0.362. The smallest absolute Gasteiger partial charge is 0.340 e. The van der Waals surface area contributed by atoms with Crippen molar-refractivity contribution in [1.82, 2.24) is 5.48 Å². The summed E-state index contributed by atoms with van der Waals surface area (Å²) in [6, 6.07) is 0. The summed E-state index contributed by atoms with van der Waals surface area (Å²) in [4.78, 5) is 16.0. The number of rotatable bonds is 1. The molecule has 0 unspecified atom stereocenters. The number of carbonyl (C=O) groups excluding carboxylic acids is 1. The van der Waals surface area contributed by atoms with E-state index in [-0.39, 0.29) is 5.97 Å².